The van der Waals surface area contributed by atoms with E-state index in [-0.39, 0.29) is 5.60 Å². The molecule has 0 saturated carbocycles. The van der Waals surface area contributed by atoms with E-state index in [9.17, 15) is 9.90 Å². The van der Waals surface area contributed by atoms with E-state index >= 15 is 0 Å². The van der Waals surface area contributed by atoms with Gasteiger partial charge in [0.2, 0.25) is 0 Å². The lowest BCUT2D eigenvalue weighted by Crippen LogP contribution is -2.57. The Morgan fingerprint density at radius 3 is 2.74 bits per heavy atom. The Bertz CT molecular complexity index is 346. The molecule has 0 aromatic heterocycles. The van der Waals surface area contributed by atoms with Gasteiger partial charge in [-0.1, -0.05) is 13.8 Å². The molecule has 2 saturated heterocycles. The van der Waals surface area contributed by atoms with Crippen LogP contribution in [-0.2, 0) is 9.53 Å². The largest absolute Gasteiger partial charge is 0.480 e. The molecule has 0 aromatic rings. The van der Waals surface area contributed by atoms with Gasteiger partial charge in [-0.15, -0.1) is 0 Å². The van der Waals surface area contributed by atoms with Crippen LogP contribution in [0.5, 0.6) is 0 Å². The van der Waals surface area contributed by atoms with Crippen molar-refractivity contribution in [2.24, 2.45) is 0 Å². The van der Waals surface area contributed by atoms with Gasteiger partial charge in [-0.05, 0) is 52.0 Å². The van der Waals surface area contributed by atoms with Gasteiger partial charge in [-0.25, -0.2) is 0 Å². The van der Waals surface area contributed by atoms with Gasteiger partial charge in [0.15, 0.2) is 0 Å². The molecule has 0 aromatic carbocycles. The zero-order valence-electron chi connectivity index (χ0n) is 12.4. The van der Waals surface area contributed by atoms with Gasteiger partial charge in [0.1, 0.15) is 5.54 Å². The molecule has 0 aliphatic carbocycles. The van der Waals surface area contributed by atoms with Gasteiger partial charge in [-0.2, -0.15) is 0 Å². The first kappa shape index (κ1) is 14.8. The van der Waals surface area contributed by atoms with E-state index in [1.54, 1.807) is 0 Å². The third kappa shape index (κ3) is 2.52. The van der Waals surface area contributed by atoms with Crippen LogP contribution in [0, 0.1) is 0 Å². The average Bonchev–Trinajstić information content (AvgIpc) is 2.84. The van der Waals surface area contributed by atoms with Gasteiger partial charge in [-0.3, -0.25) is 9.69 Å². The molecule has 3 unspecified atom stereocenters. The van der Waals surface area contributed by atoms with E-state index in [0.717, 1.165) is 45.3 Å². The summed E-state index contributed by atoms with van der Waals surface area (Å²) < 4.78 is 5.89. The van der Waals surface area contributed by atoms with Crippen LogP contribution in [0.2, 0.25) is 0 Å². The second-order valence-electron chi connectivity index (χ2n) is 6.29. The van der Waals surface area contributed by atoms with Crippen molar-refractivity contribution >= 4 is 5.97 Å². The maximum Gasteiger partial charge on any atom is 0.324 e. The standard InChI is InChI=1S/C15H27NO3/c1-4-14(3)11-12(7-10-19-14)16-9-6-8-15(16,5-2)13(17)18/h12H,4-11H2,1-3H3,(H,17,18). The van der Waals surface area contributed by atoms with Crippen molar-refractivity contribution in [1.82, 2.24) is 4.90 Å². The Kier molecular flexibility index (Phi) is 4.21. The number of hydrogen-bond donors (Lipinski definition) is 1. The fourth-order valence-electron chi connectivity index (χ4n) is 3.81. The quantitative estimate of drug-likeness (QED) is 0.852. The van der Waals surface area contributed by atoms with Crippen molar-refractivity contribution in [3.63, 3.8) is 0 Å². The number of hydrogen-bond acceptors (Lipinski definition) is 3. The Morgan fingerprint density at radius 2 is 2.16 bits per heavy atom. The highest BCUT2D eigenvalue weighted by atomic mass is 16.5. The summed E-state index contributed by atoms with van der Waals surface area (Å²) in [6, 6.07) is 0.359. The number of carbonyl (C=O) groups is 1. The van der Waals surface area contributed by atoms with Crippen molar-refractivity contribution < 1.29 is 14.6 Å². The second-order valence-corrected chi connectivity index (χ2v) is 6.29. The normalized spacial score (nSPS) is 40.5. The fraction of sp³-hybridized carbons (Fsp3) is 0.933. The van der Waals surface area contributed by atoms with Gasteiger partial charge in [0.25, 0.3) is 0 Å². The molecule has 0 amide bonds. The minimum absolute atomic E-state index is 0.0799. The molecule has 2 rings (SSSR count). The zero-order valence-corrected chi connectivity index (χ0v) is 12.4. The predicted octanol–water partition coefficient (Wildman–Crippen LogP) is 2.66. The van der Waals surface area contributed by atoms with Crippen molar-refractivity contribution in [3.8, 4) is 0 Å². The summed E-state index contributed by atoms with van der Waals surface area (Å²) in [4.78, 5) is 14.0. The third-order valence-electron chi connectivity index (χ3n) is 5.28. The third-order valence-corrected chi connectivity index (χ3v) is 5.28. The molecular formula is C15H27NO3. The van der Waals surface area contributed by atoms with Gasteiger partial charge < -0.3 is 9.84 Å². The maximum atomic E-state index is 11.8. The molecule has 1 N–H and O–H groups in total. The van der Waals surface area contributed by atoms with Crippen molar-refractivity contribution in [1.29, 1.82) is 0 Å². The molecule has 19 heavy (non-hydrogen) atoms. The smallest absolute Gasteiger partial charge is 0.324 e. The molecule has 0 bridgehead atoms. The highest BCUT2D eigenvalue weighted by Gasteiger charge is 2.50. The van der Waals surface area contributed by atoms with Crippen LogP contribution in [0.3, 0.4) is 0 Å². The first-order chi connectivity index (χ1) is 8.97. The summed E-state index contributed by atoms with van der Waals surface area (Å²) in [6.07, 6.45) is 5.40. The lowest BCUT2D eigenvalue weighted by molar-refractivity contribution is -0.157. The first-order valence-corrected chi connectivity index (χ1v) is 7.61. The van der Waals surface area contributed by atoms with E-state index in [1.165, 1.54) is 0 Å². The van der Waals surface area contributed by atoms with E-state index in [2.05, 4.69) is 18.7 Å². The predicted molar refractivity (Wildman–Crippen MR) is 74.3 cm³/mol. The Balaban J connectivity index is 2.18. The summed E-state index contributed by atoms with van der Waals surface area (Å²) in [7, 11) is 0. The summed E-state index contributed by atoms with van der Waals surface area (Å²) in [5.41, 5.74) is -0.708. The average molecular weight is 269 g/mol. The topological polar surface area (TPSA) is 49.8 Å². The molecule has 2 aliphatic rings. The molecule has 0 spiro atoms. The minimum atomic E-state index is -0.641. The minimum Gasteiger partial charge on any atom is -0.480 e. The highest BCUT2D eigenvalue weighted by Crippen LogP contribution is 2.40. The Hall–Kier alpha value is -0.610. The number of ether oxygens (including phenoxy) is 1. The molecule has 2 fully saturated rings. The fourth-order valence-corrected chi connectivity index (χ4v) is 3.81. The van der Waals surface area contributed by atoms with E-state index in [1.807, 2.05) is 6.92 Å². The summed E-state index contributed by atoms with van der Waals surface area (Å²) in [5.74, 6) is -0.641. The van der Waals surface area contributed by atoms with Crippen LogP contribution in [0.15, 0.2) is 0 Å². The number of carboxylic acids is 1. The summed E-state index contributed by atoms with van der Waals surface area (Å²) in [5, 5.41) is 9.68. The summed E-state index contributed by atoms with van der Waals surface area (Å²) >= 11 is 0. The monoisotopic (exact) mass is 269 g/mol. The van der Waals surface area contributed by atoms with Crippen LogP contribution < -0.4 is 0 Å². The zero-order chi connectivity index (χ0) is 14.1. The van der Waals surface area contributed by atoms with E-state index in [4.69, 9.17) is 4.74 Å². The first-order valence-electron chi connectivity index (χ1n) is 7.61. The Morgan fingerprint density at radius 1 is 1.42 bits per heavy atom. The molecule has 110 valence electrons. The number of nitrogens with zero attached hydrogens (tertiary/aromatic N) is 1. The van der Waals surface area contributed by atoms with Gasteiger partial charge >= 0.3 is 5.97 Å². The van der Waals surface area contributed by atoms with Gasteiger partial charge in [0.05, 0.1) is 5.60 Å². The van der Waals surface area contributed by atoms with Crippen molar-refractivity contribution in [2.45, 2.75) is 76.5 Å². The number of rotatable bonds is 4. The van der Waals surface area contributed by atoms with Crippen LogP contribution >= 0.6 is 0 Å². The molecule has 2 heterocycles. The molecule has 4 nitrogen and oxygen atoms in total. The molecule has 0 radical (unpaired) electrons. The molecule has 4 heteroatoms. The number of aliphatic carboxylic acids is 1. The van der Waals surface area contributed by atoms with Gasteiger partial charge in [0, 0.05) is 12.6 Å². The second kappa shape index (κ2) is 5.41. The number of likely N-dealkylation sites (tertiary alicyclic amines) is 1. The van der Waals surface area contributed by atoms with Crippen LogP contribution in [0.1, 0.15) is 59.3 Å². The highest BCUT2D eigenvalue weighted by molar-refractivity contribution is 5.79. The van der Waals surface area contributed by atoms with Crippen LogP contribution in [0.4, 0.5) is 0 Å². The molecule has 2 aliphatic heterocycles. The number of carboxylic acid groups (broad SMARTS) is 1. The van der Waals surface area contributed by atoms with E-state index in [0.29, 0.717) is 12.5 Å². The maximum absolute atomic E-state index is 11.8. The lowest BCUT2D eigenvalue weighted by atomic mass is 9.85. The lowest BCUT2D eigenvalue weighted by Gasteiger charge is -2.46. The van der Waals surface area contributed by atoms with E-state index < -0.39 is 11.5 Å². The van der Waals surface area contributed by atoms with Crippen LogP contribution in [0.25, 0.3) is 0 Å². The molecular weight excluding hydrogens is 242 g/mol. The van der Waals surface area contributed by atoms with Crippen molar-refractivity contribution in [2.75, 3.05) is 13.2 Å². The Labute approximate surface area is 116 Å². The van der Waals surface area contributed by atoms with Crippen LogP contribution in [-0.4, -0.2) is 46.3 Å². The SMILES string of the molecule is CCC1(C)CC(N2CCCC2(CC)C(=O)O)CCO1. The summed E-state index contributed by atoms with van der Waals surface area (Å²) in [6.45, 7) is 7.99. The molecule has 3 atom stereocenters. The van der Waals surface area contributed by atoms with Crippen molar-refractivity contribution in [3.05, 3.63) is 0 Å².